The number of hydrogen-bond acceptors (Lipinski definition) is 2. The van der Waals surface area contributed by atoms with Crippen LogP contribution >= 0.6 is 12.4 Å². The minimum atomic E-state index is 0. The summed E-state index contributed by atoms with van der Waals surface area (Å²) in [7, 11) is 0. The maximum Gasteiger partial charge on any atom is 0.0459 e. The van der Waals surface area contributed by atoms with Crippen LogP contribution in [0.4, 0.5) is 0 Å². The number of para-hydroxylation sites is 1. The average molecular weight is 240 g/mol. The zero-order valence-electron chi connectivity index (χ0n) is 9.36. The molecule has 0 spiro atoms. The number of aryl methyl sites for hydroxylation is 1. The van der Waals surface area contributed by atoms with E-state index in [1.54, 1.807) is 0 Å². The molecule has 0 aliphatic rings. The maximum absolute atomic E-state index is 6.12. The Morgan fingerprint density at radius 3 is 2.69 bits per heavy atom. The molecular weight excluding hydrogens is 222 g/mol. The van der Waals surface area contributed by atoms with Crippen molar-refractivity contribution in [3.05, 3.63) is 35.5 Å². The Kier molecular flexibility index (Phi) is 4.35. The highest BCUT2D eigenvalue weighted by atomic mass is 35.5. The first kappa shape index (κ1) is 13.0. The first-order chi connectivity index (χ1) is 7.24. The molecule has 0 radical (unpaired) electrons. The summed E-state index contributed by atoms with van der Waals surface area (Å²) < 4.78 is 0. The first-order valence-electron chi connectivity index (χ1n) is 5.27. The summed E-state index contributed by atoms with van der Waals surface area (Å²) in [5.74, 6) is 0. The van der Waals surface area contributed by atoms with Crippen molar-refractivity contribution in [1.29, 1.82) is 0 Å². The molecule has 0 saturated heterocycles. The zero-order valence-corrected chi connectivity index (χ0v) is 10.2. The van der Waals surface area contributed by atoms with E-state index in [4.69, 9.17) is 11.5 Å². The van der Waals surface area contributed by atoms with E-state index in [1.165, 1.54) is 10.9 Å². The van der Waals surface area contributed by atoms with Crippen LogP contribution in [-0.4, -0.2) is 11.5 Å². The Labute approximate surface area is 102 Å². The van der Waals surface area contributed by atoms with Crippen molar-refractivity contribution in [3.63, 3.8) is 0 Å². The van der Waals surface area contributed by atoms with E-state index in [2.05, 4.69) is 24.0 Å². The van der Waals surface area contributed by atoms with E-state index >= 15 is 0 Å². The van der Waals surface area contributed by atoms with E-state index in [1.807, 2.05) is 12.1 Å². The molecule has 0 fully saturated rings. The average Bonchev–Trinajstić information content (AvgIpc) is 2.54. The predicted octanol–water partition coefficient (Wildman–Crippen LogP) is 2.25. The molecule has 5 N–H and O–H groups in total. The fraction of sp³-hybridized carbons (Fsp3) is 0.333. The van der Waals surface area contributed by atoms with Crippen molar-refractivity contribution in [1.82, 2.24) is 4.98 Å². The minimum Gasteiger partial charge on any atom is -0.358 e. The summed E-state index contributed by atoms with van der Waals surface area (Å²) in [5, 5.41) is 1.22. The van der Waals surface area contributed by atoms with Crippen LogP contribution in [0.2, 0.25) is 0 Å². The second kappa shape index (κ2) is 5.34. The lowest BCUT2D eigenvalue weighted by Gasteiger charge is -2.10. The van der Waals surface area contributed by atoms with E-state index in [-0.39, 0.29) is 18.4 Å². The van der Waals surface area contributed by atoms with E-state index in [0.717, 1.165) is 17.6 Å². The molecule has 1 aromatic carbocycles. The van der Waals surface area contributed by atoms with Crippen molar-refractivity contribution in [2.24, 2.45) is 11.5 Å². The summed E-state index contributed by atoms with van der Waals surface area (Å²) in [4.78, 5) is 3.35. The number of halogens is 1. The number of nitrogens with one attached hydrogen (secondary N) is 1. The van der Waals surface area contributed by atoms with Crippen LogP contribution in [0.1, 0.15) is 23.7 Å². The Balaban J connectivity index is 0.00000128. The van der Waals surface area contributed by atoms with Crippen LogP contribution in [-0.2, 0) is 0 Å². The zero-order chi connectivity index (χ0) is 10.8. The van der Waals surface area contributed by atoms with Gasteiger partial charge in [-0.3, -0.25) is 0 Å². The molecule has 2 rings (SSSR count). The van der Waals surface area contributed by atoms with Crippen molar-refractivity contribution < 1.29 is 0 Å². The standard InChI is InChI=1S/C12H17N3.ClH/c1-8-12(10(14)6-7-13)9-4-2-3-5-11(9)15-8;/h2-5,10,15H,6-7,13-14H2,1H3;1H/t10-;/m1./s1. The number of fused-ring (bicyclic) bond motifs is 1. The molecule has 88 valence electrons. The van der Waals surface area contributed by atoms with Gasteiger partial charge >= 0.3 is 0 Å². The molecule has 0 bridgehead atoms. The summed E-state index contributed by atoms with van der Waals surface area (Å²) in [6.45, 7) is 2.69. The third-order valence-corrected chi connectivity index (χ3v) is 2.79. The lowest BCUT2D eigenvalue weighted by atomic mass is 10.0. The molecule has 2 aromatic rings. The number of benzene rings is 1. The van der Waals surface area contributed by atoms with Crippen LogP contribution in [0.25, 0.3) is 10.9 Å². The normalized spacial score (nSPS) is 12.4. The molecule has 3 nitrogen and oxygen atoms in total. The van der Waals surface area contributed by atoms with Gasteiger partial charge in [-0.2, -0.15) is 0 Å². The molecule has 1 aromatic heterocycles. The molecule has 0 amide bonds. The van der Waals surface area contributed by atoms with Gasteiger partial charge in [-0.1, -0.05) is 18.2 Å². The molecule has 1 atom stereocenters. The molecule has 0 aliphatic heterocycles. The quantitative estimate of drug-likeness (QED) is 0.769. The topological polar surface area (TPSA) is 67.8 Å². The van der Waals surface area contributed by atoms with Crippen molar-refractivity contribution >= 4 is 23.3 Å². The lowest BCUT2D eigenvalue weighted by Crippen LogP contribution is -2.15. The molecule has 0 unspecified atom stereocenters. The van der Waals surface area contributed by atoms with Gasteiger partial charge in [-0.25, -0.2) is 0 Å². The fourth-order valence-electron chi connectivity index (χ4n) is 2.10. The molecule has 4 heteroatoms. The predicted molar refractivity (Wildman–Crippen MR) is 70.9 cm³/mol. The van der Waals surface area contributed by atoms with Gasteiger partial charge in [0.2, 0.25) is 0 Å². The van der Waals surface area contributed by atoms with Crippen molar-refractivity contribution in [3.8, 4) is 0 Å². The lowest BCUT2D eigenvalue weighted by molar-refractivity contribution is 0.662. The summed E-state index contributed by atoms with van der Waals surface area (Å²) >= 11 is 0. The molecule has 0 aliphatic carbocycles. The van der Waals surface area contributed by atoms with Gasteiger partial charge < -0.3 is 16.5 Å². The Morgan fingerprint density at radius 2 is 2.00 bits per heavy atom. The Morgan fingerprint density at radius 1 is 1.31 bits per heavy atom. The highest BCUT2D eigenvalue weighted by Gasteiger charge is 2.13. The second-order valence-electron chi connectivity index (χ2n) is 3.89. The number of aromatic nitrogens is 1. The van der Waals surface area contributed by atoms with Crippen LogP contribution < -0.4 is 11.5 Å². The van der Waals surface area contributed by atoms with E-state index in [9.17, 15) is 0 Å². The highest BCUT2D eigenvalue weighted by molar-refractivity contribution is 5.85. The van der Waals surface area contributed by atoms with Crippen LogP contribution in [0.15, 0.2) is 24.3 Å². The van der Waals surface area contributed by atoms with Gasteiger partial charge in [-0.15, -0.1) is 12.4 Å². The van der Waals surface area contributed by atoms with Gasteiger partial charge in [0.1, 0.15) is 0 Å². The smallest absolute Gasteiger partial charge is 0.0459 e. The van der Waals surface area contributed by atoms with Crippen molar-refractivity contribution in [2.75, 3.05) is 6.54 Å². The number of nitrogens with two attached hydrogens (primary N) is 2. The van der Waals surface area contributed by atoms with Gasteiger partial charge in [0.25, 0.3) is 0 Å². The fourth-order valence-corrected chi connectivity index (χ4v) is 2.10. The van der Waals surface area contributed by atoms with Crippen molar-refractivity contribution in [2.45, 2.75) is 19.4 Å². The molecular formula is C12H18ClN3. The maximum atomic E-state index is 6.12. The summed E-state index contributed by atoms with van der Waals surface area (Å²) in [5.41, 5.74) is 15.2. The van der Waals surface area contributed by atoms with Crippen LogP contribution in [0.5, 0.6) is 0 Å². The third kappa shape index (κ3) is 2.21. The highest BCUT2D eigenvalue weighted by Crippen LogP contribution is 2.27. The second-order valence-corrected chi connectivity index (χ2v) is 3.89. The largest absolute Gasteiger partial charge is 0.358 e. The Bertz CT molecular complexity index is 464. The number of H-pyrrole nitrogens is 1. The number of rotatable bonds is 3. The van der Waals surface area contributed by atoms with Gasteiger partial charge in [0, 0.05) is 22.6 Å². The van der Waals surface area contributed by atoms with Crippen LogP contribution in [0, 0.1) is 6.92 Å². The van der Waals surface area contributed by atoms with E-state index in [0.29, 0.717) is 6.54 Å². The first-order valence-corrected chi connectivity index (χ1v) is 5.27. The van der Waals surface area contributed by atoms with Crippen LogP contribution in [0.3, 0.4) is 0 Å². The third-order valence-electron chi connectivity index (χ3n) is 2.79. The monoisotopic (exact) mass is 239 g/mol. The van der Waals surface area contributed by atoms with Gasteiger partial charge in [0.05, 0.1) is 0 Å². The number of hydrogen-bond donors (Lipinski definition) is 3. The summed E-state index contributed by atoms with van der Waals surface area (Å²) in [6, 6.07) is 8.27. The summed E-state index contributed by atoms with van der Waals surface area (Å²) in [6.07, 6.45) is 0.822. The molecule has 16 heavy (non-hydrogen) atoms. The van der Waals surface area contributed by atoms with Gasteiger partial charge in [-0.05, 0) is 31.5 Å². The Hall–Kier alpha value is -1.03. The molecule has 0 saturated carbocycles. The molecule has 1 heterocycles. The SMILES string of the molecule is Cc1[nH]c2ccccc2c1[C@H](N)CCN.Cl. The van der Waals surface area contributed by atoms with E-state index < -0.39 is 0 Å². The minimum absolute atomic E-state index is 0. The number of aromatic amines is 1. The van der Waals surface area contributed by atoms with Gasteiger partial charge in [0.15, 0.2) is 0 Å².